The van der Waals surface area contributed by atoms with Gasteiger partial charge in [0.15, 0.2) is 0 Å². The molecule has 0 bridgehead atoms. The maximum absolute atomic E-state index is 10.9. The van der Waals surface area contributed by atoms with Crippen LogP contribution in [0, 0.1) is 5.92 Å². The third-order valence-corrected chi connectivity index (χ3v) is 3.60. The van der Waals surface area contributed by atoms with Crippen LogP contribution in [0.15, 0.2) is 12.7 Å². The summed E-state index contributed by atoms with van der Waals surface area (Å²) < 4.78 is 5.94. The summed E-state index contributed by atoms with van der Waals surface area (Å²) in [5.41, 5.74) is 0. The van der Waals surface area contributed by atoms with Crippen LogP contribution in [0.25, 0.3) is 0 Å². The molecule has 3 nitrogen and oxygen atoms in total. The molecule has 0 aromatic carbocycles. The lowest BCUT2D eigenvalue weighted by atomic mass is 9.99. The van der Waals surface area contributed by atoms with Crippen molar-refractivity contribution in [3.8, 4) is 0 Å². The van der Waals surface area contributed by atoms with Crippen LogP contribution in [0.2, 0.25) is 0 Å². The number of unbranched alkanes of at least 4 members (excludes halogenated alkanes) is 1. The van der Waals surface area contributed by atoms with Crippen molar-refractivity contribution >= 4 is 5.97 Å². The summed E-state index contributed by atoms with van der Waals surface area (Å²) >= 11 is 0. The molecule has 0 spiro atoms. The van der Waals surface area contributed by atoms with E-state index in [9.17, 15) is 4.79 Å². The second-order valence-corrected chi connectivity index (χ2v) is 6.14. The van der Waals surface area contributed by atoms with Crippen molar-refractivity contribution in [2.24, 2.45) is 5.92 Å². The number of nitrogens with zero attached hydrogens (tertiary/aromatic N) is 1. The molecule has 0 saturated carbocycles. The number of likely N-dealkylation sites (N-methyl/N-ethyl adjacent to an activating group) is 1. The molecule has 0 N–H and O–H groups in total. The number of hydrogen-bond donors (Lipinski definition) is 0. The standard InChI is InChI=1S/C16H32NO2.BrH/c1-6-10-15(3)11-8-9-12-17(4,5)13-14-19-16(18)7-2;/h7,15H,2,6,8-14H2,1,3-5H3;1H/q+1;/p-1. The Morgan fingerprint density at radius 2 is 1.90 bits per heavy atom. The maximum Gasteiger partial charge on any atom is 0.330 e. The first-order valence-corrected chi connectivity index (χ1v) is 7.52. The van der Waals surface area contributed by atoms with Gasteiger partial charge in [-0.3, -0.25) is 0 Å². The predicted octanol–water partition coefficient (Wildman–Crippen LogP) is 0.403. The van der Waals surface area contributed by atoms with Gasteiger partial charge in [-0.25, -0.2) is 4.79 Å². The zero-order valence-electron chi connectivity index (χ0n) is 13.7. The minimum absolute atomic E-state index is 0. The summed E-state index contributed by atoms with van der Waals surface area (Å²) in [5.74, 6) is 0.530. The summed E-state index contributed by atoms with van der Waals surface area (Å²) in [6.45, 7) is 10.5. The Morgan fingerprint density at radius 1 is 1.25 bits per heavy atom. The lowest BCUT2D eigenvalue weighted by molar-refractivity contribution is -0.890. The minimum atomic E-state index is -0.326. The molecule has 0 aromatic rings. The Bertz CT molecular complexity index is 267. The Labute approximate surface area is 135 Å². The average Bonchev–Trinajstić information content (AvgIpc) is 2.34. The van der Waals surface area contributed by atoms with E-state index in [1.165, 1.54) is 38.2 Å². The summed E-state index contributed by atoms with van der Waals surface area (Å²) in [5, 5.41) is 0. The molecule has 0 aliphatic rings. The molecule has 4 heteroatoms. The largest absolute Gasteiger partial charge is 1.00 e. The van der Waals surface area contributed by atoms with E-state index >= 15 is 0 Å². The van der Waals surface area contributed by atoms with Gasteiger partial charge >= 0.3 is 5.97 Å². The van der Waals surface area contributed by atoms with Crippen molar-refractivity contribution in [1.29, 1.82) is 0 Å². The summed E-state index contributed by atoms with van der Waals surface area (Å²) in [7, 11) is 4.38. The van der Waals surface area contributed by atoms with Gasteiger partial charge in [0.2, 0.25) is 0 Å². The fraction of sp³-hybridized carbons (Fsp3) is 0.812. The number of halogens is 1. The molecule has 0 heterocycles. The molecular weight excluding hydrogens is 318 g/mol. The van der Waals surface area contributed by atoms with Crippen LogP contribution < -0.4 is 17.0 Å². The molecule has 20 heavy (non-hydrogen) atoms. The molecule has 0 aliphatic heterocycles. The lowest BCUT2D eigenvalue weighted by Gasteiger charge is -2.29. The zero-order chi connectivity index (χ0) is 14.7. The van der Waals surface area contributed by atoms with Crippen molar-refractivity contribution in [2.45, 2.75) is 46.0 Å². The highest BCUT2D eigenvalue weighted by Crippen LogP contribution is 2.14. The summed E-state index contributed by atoms with van der Waals surface area (Å²) in [6.07, 6.45) is 7.73. The molecule has 0 rings (SSSR count). The Hall–Kier alpha value is -0.350. The highest BCUT2D eigenvalue weighted by molar-refractivity contribution is 5.81. The number of ether oxygens (including phenoxy) is 1. The number of carbonyl (C=O) groups excluding carboxylic acids is 1. The quantitative estimate of drug-likeness (QED) is 0.233. The fourth-order valence-corrected chi connectivity index (χ4v) is 2.23. The first-order valence-electron chi connectivity index (χ1n) is 7.52. The first kappa shape index (κ1) is 21.9. The Balaban J connectivity index is 0. The Kier molecular flexibility index (Phi) is 13.6. The van der Waals surface area contributed by atoms with E-state index in [4.69, 9.17) is 4.74 Å². The molecule has 1 atom stereocenters. The average molecular weight is 350 g/mol. The van der Waals surface area contributed by atoms with Gasteiger partial charge in [-0.05, 0) is 18.8 Å². The van der Waals surface area contributed by atoms with Crippen molar-refractivity contribution < 1.29 is 31.0 Å². The van der Waals surface area contributed by atoms with Gasteiger partial charge in [0, 0.05) is 6.08 Å². The third-order valence-electron chi connectivity index (χ3n) is 3.60. The second-order valence-electron chi connectivity index (χ2n) is 6.14. The number of rotatable bonds is 11. The van der Waals surface area contributed by atoms with Crippen LogP contribution in [-0.2, 0) is 9.53 Å². The van der Waals surface area contributed by atoms with E-state index in [1.54, 1.807) is 0 Å². The minimum Gasteiger partial charge on any atom is -1.00 e. The van der Waals surface area contributed by atoms with Gasteiger partial charge in [-0.2, -0.15) is 0 Å². The fourth-order valence-electron chi connectivity index (χ4n) is 2.23. The van der Waals surface area contributed by atoms with Gasteiger partial charge in [-0.15, -0.1) is 0 Å². The number of esters is 1. The van der Waals surface area contributed by atoms with E-state index in [-0.39, 0.29) is 23.0 Å². The van der Waals surface area contributed by atoms with Crippen LogP contribution in [-0.4, -0.2) is 44.2 Å². The number of carbonyl (C=O) groups is 1. The smallest absolute Gasteiger partial charge is 0.330 e. The van der Waals surface area contributed by atoms with Crippen LogP contribution in [0.3, 0.4) is 0 Å². The van der Waals surface area contributed by atoms with Gasteiger partial charge in [-0.1, -0.05) is 39.7 Å². The topological polar surface area (TPSA) is 26.3 Å². The van der Waals surface area contributed by atoms with E-state index in [0.717, 1.165) is 23.5 Å². The van der Waals surface area contributed by atoms with Crippen molar-refractivity contribution in [3.05, 3.63) is 12.7 Å². The normalized spacial score (nSPS) is 12.4. The lowest BCUT2D eigenvalue weighted by Crippen LogP contribution is -3.00. The summed E-state index contributed by atoms with van der Waals surface area (Å²) in [4.78, 5) is 10.9. The highest BCUT2D eigenvalue weighted by atomic mass is 79.9. The second kappa shape index (κ2) is 12.4. The molecule has 0 amide bonds. The molecule has 0 radical (unpaired) electrons. The van der Waals surface area contributed by atoms with Gasteiger partial charge < -0.3 is 26.2 Å². The maximum atomic E-state index is 10.9. The molecular formula is C16H32BrNO2. The van der Waals surface area contributed by atoms with Crippen molar-refractivity contribution in [2.75, 3.05) is 33.8 Å². The van der Waals surface area contributed by atoms with Crippen LogP contribution in [0.1, 0.15) is 46.0 Å². The van der Waals surface area contributed by atoms with Crippen molar-refractivity contribution in [3.63, 3.8) is 0 Å². The first-order chi connectivity index (χ1) is 8.91. The third kappa shape index (κ3) is 12.7. The molecule has 0 fully saturated rings. The van der Waals surface area contributed by atoms with E-state index in [1.807, 2.05) is 0 Å². The van der Waals surface area contributed by atoms with Crippen molar-refractivity contribution in [1.82, 2.24) is 0 Å². The van der Waals surface area contributed by atoms with Crippen LogP contribution >= 0.6 is 0 Å². The van der Waals surface area contributed by atoms with Gasteiger partial charge in [0.25, 0.3) is 0 Å². The molecule has 0 aromatic heterocycles. The van der Waals surface area contributed by atoms with Crippen LogP contribution in [0.4, 0.5) is 0 Å². The van der Waals surface area contributed by atoms with E-state index in [0.29, 0.717) is 6.61 Å². The van der Waals surface area contributed by atoms with Crippen LogP contribution in [0.5, 0.6) is 0 Å². The molecule has 0 saturated heterocycles. The predicted molar refractivity (Wildman–Crippen MR) is 80.9 cm³/mol. The molecule has 0 aliphatic carbocycles. The summed E-state index contributed by atoms with van der Waals surface area (Å²) in [6, 6.07) is 0. The monoisotopic (exact) mass is 349 g/mol. The van der Waals surface area contributed by atoms with E-state index in [2.05, 4.69) is 34.5 Å². The van der Waals surface area contributed by atoms with E-state index < -0.39 is 0 Å². The highest BCUT2D eigenvalue weighted by Gasteiger charge is 2.15. The van der Waals surface area contributed by atoms with Gasteiger partial charge in [0.05, 0.1) is 20.6 Å². The Morgan fingerprint density at radius 3 is 2.45 bits per heavy atom. The van der Waals surface area contributed by atoms with Gasteiger partial charge in [0.1, 0.15) is 13.2 Å². The molecule has 120 valence electrons. The SMILES string of the molecule is C=CC(=O)OCC[N+](C)(C)CCCCC(C)CCC.[Br-]. The number of hydrogen-bond acceptors (Lipinski definition) is 2. The molecule has 1 unspecified atom stereocenters. The zero-order valence-corrected chi connectivity index (χ0v) is 15.2. The number of quaternary nitrogens is 1.